The van der Waals surface area contributed by atoms with Crippen molar-refractivity contribution in [1.29, 1.82) is 0 Å². The third-order valence-corrected chi connectivity index (χ3v) is 4.07. The molecule has 0 atom stereocenters. The van der Waals surface area contributed by atoms with Crippen LogP contribution in [0.15, 0.2) is 24.3 Å². The standard InChI is InChI=1S/C15H17NO3S/c1-3-6-12-14(15(17)18)16-13(20-12)9-10-7-4-5-8-11(10)19-2/h4-5,7-8H,3,6,9H2,1-2H3,(H,17,18). The van der Waals surface area contributed by atoms with Crippen LogP contribution in [0.5, 0.6) is 5.75 Å². The molecule has 1 aromatic carbocycles. The first-order valence-electron chi connectivity index (χ1n) is 6.49. The predicted octanol–water partition coefficient (Wildman–Crippen LogP) is 3.39. The highest BCUT2D eigenvalue weighted by Crippen LogP contribution is 2.26. The maximum Gasteiger partial charge on any atom is 0.355 e. The van der Waals surface area contributed by atoms with Gasteiger partial charge in [0, 0.05) is 16.9 Å². The summed E-state index contributed by atoms with van der Waals surface area (Å²) < 4.78 is 5.31. The third-order valence-electron chi connectivity index (χ3n) is 2.96. The topological polar surface area (TPSA) is 59.4 Å². The molecule has 5 heteroatoms. The highest BCUT2D eigenvalue weighted by molar-refractivity contribution is 7.12. The Morgan fingerprint density at radius 2 is 2.15 bits per heavy atom. The number of hydrogen-bond acceptors (Lipinski definition) is 4. The van der Waals surface area contributed by atoms with Gasteiger partial charge < -0.3 is 9.84 Å². The minimum atomic E-state index is -0.948. The molecule has 1 N–H and O–H groups in total. The Bertz CT molecular complexity index is 607. The lowest BCUT2D eigenvalue weighted by molar-refractivity contribution is 0.0690. The summed E-state index contributed by atoms with van der Waals surface area (Å²) in [4.78, 5) is 16.3. The molecular formula is C15H17NO3S. The molecule has 0 aliphatic rings. The number of carboxylic acid groups (broad SMARTS) is 1. The van der Waals surface area contributed by atoms with Crippen molar-refractivity contribution in [1.82, 2.24) is 4.98 Å². The molecule has 2 rings (SSSR count). The van der Waals surface area contributed by atoms with E-state index in [1.807, 2.05) is 31.2 Å². The van der Waals surface area contributed by atoms with Gasteiger partial charge >= 0.3 is 5.97 Å². The van der Waals surface area contributed by atoms with Gasteiger partial charge in [-0.15, -0.1) is 11.3 Å². The number of rotatable bonds is 6. The van der Waals surface area contributed by atoms with Crippen LogP contribution in [-0.2, 0) is 12.8 Å². The van der Waals surface area contributed by atoms with E-state index >= 15 is 0 Å². The largest absolute Gasteiger partial charge is 0.496 e. The number of ether oxygens (including phenoxy) is 1. The molecule has 0 amide bonds. The Hall–Kier alpha value is -1.88. The minimum Gasteiger partial charge on any atom is -0.496 e. The summed E-state index contributed by atoms with van der Waals surface area (Å²) in [6.45, 7) is 2.03. The van der Waals surface area contributed by atoms with Crippen molar-refractivity contribution in [2.75, 3.05) is 7.11 Å². The number of para-hydroxylation sites is 1. The first-order chi connectivity index (χ1) is 9.65. The van der Waals surface area contributed by atoms with Crippen LogP contribution in [0, 0.1) is 0 Å². The van der Waals surface area contributed by atoms with Crippen molar-refractivity contribution in [3.05, 3.63) is 45.4 Å². The molecule has 0 spiro atoms. The number of hydrogen-bond donors (Lipinski definition) is 1. The molecule has 20 heavy (non-hydrogen) atoms. The number of thiazole rings is 1. The molecule has 0 saturated carbocycles. The molecule has 0 bridgehead atoms. The van der Waals surface area contributed by atoms with E-state index in [2.05, 4.69) is 4.98 Å². The molecule has 4 nitrogen and oxygen atoms in total. The first-order valence-corrected chi connectivity index (χ1v) is 7.31. The molecule has 0 aliphatic heterocycles. The summed E-state index contributed by atoms with van der Waals surface area (Å²) in [6, 6.07) is 7.72. The molecule has 2 aromatic rings. The van der Waals surface area contributed by atoms with Crippen LogP contribution in [-0.4, -0.2) is 23.2 Å². The summed E-state index contributed by atoms with van der Waals surface area (Å²) in [7, 11) is 1.63. The van der Waals surface area contributed by atoms with Crippen LogP contribution in [0.25, 0.3) is 0 Å². The number of carbonyl (C=O) groups is 1. The van der Waals surface area contributed by atoms with Crippen LogP contribution in [0.3, 0.4) is 0 Å². The number of carboxylic acids is 1. The van der Waals surface area contributed by atoms with E-state index in [9.17, 15) is 9.90 Å². The fraction of sp³-hybridized carbons (Fsp3) is 0.333. The molecule has 106 valence electrons. The minimum absolute atomic E-state index is 0.196. The Labute approximate surface area is 122 Å². The second kappa shape index (κ2) is 6.52. The molecule has 0 radical (unpaired) electrons. The molecule has 1 aromatic heterocycles. The SMILES string of the molecule is CCCc1sc(Cc2ccccc2OC)nc1C(=O)O. The van der Waals surface area contributed by atoms with E-state index in [1.165, 1.54) is 11.3 Å². The average Bonchev–Trinajstić information content (AvgIpc) is 2.83. The smallest absolute Gasteiger partial charge is 0.355 e. The van der Waals surface area contributed by atoms with Gasteiger partial charge in [0.1, 0.15) is 5.75 Å². The molecule has 0 fully saturated rings. The molecule has 1 heterocycles. The van der Waals surface area contributed by atoms with Gasteiger partial charge in [-0.1, -0.05) is 31.5 Å². The van der Waals surface area contributed by atoms with E-state index in [-0.39, 0.29) is 5.69 Å². The van der Waals surface area contributed by atoms with Crippen LogP contribution >= 0.6 is 11.3 Å². The summed E-state index contributed by atoms with van der Waals surface area (Å²) in [6.07, 6.45) is 2.26. The van der Waals surface area contributed by atoms with E-state index in [0.717, 1.165) is 34.0 Å². The lowest BCUT2D eigenvalue weighted by Gasteiger charge is -2.05. The van der Waals surface area contributed by atoms with Gasteiger partial charge in [-0.2, -0.15) is 0 Å². The molecule has 0 saturated heterocycles. The number of nitrogens with zero attached hydrogens (tertiary/aromatic N) is 1. The van der Waals surface area contributed by atoms with E-state index < -0.39 is 5.97 Å². The lowest BCUT2D eigenvalue weighted by Crippen LogP contribution is -2.01. The number of aromatic nitrogens is 1. The highest BCUT2D eigenvalue weighted by atomic mass is 32.1. The lowest BCUT2D eigenvalue weighted by atomic mass is 10.1. The summed E-state index contributed by atoms with van der Waals surface area (Å²) >= 11 is 1.48. The Morgan fingerprint density at radius 1 is 1.40 bits per heavy atom. The van der Waals surface area contributed by atoms with Crippen molar-refractivity contribution in [2.24, 2.45) is 0 Å². The van der Waals surface area contributed by atoms with Crippen LogP contribution < -0.4 is 4.74 Å². The predicted molar refractivity (Wildman–Crippen MR) is 78.9 cm³/mol. The van der Waals surface area contributed by atoms with Crippen LogP contribution in [0.4, 0.5) is 0 Å². The zero-order valence-corrected chi connectivity index (χ0v) is 12.4. The number of aryl methyl sites for hydroxylation is 1. The Morgan fingerprint density at radius 3 is 2.80 bits per heavy atom. The van der Waals surface area contributed by atoms with Crippen molar-refractivity contribution in [2.45, 2.75) is 26.2 Å². The number of benzene rings is 1. The van der Waals surface area contributed by atoms with Gasteiger partial charge in [0.2, 0.25) is 0 Å². The normalized spacial score (nSPS) is 10.5. The van der Waals surface area contributed by atoms with E-state index in [4.69, 9.17) is 4.74 Å². The zero-order chi connectivity index (χ0) is 14.5. The maximum atomic E-state index is 11.2. The van der Waals surface area contributed by atoms with E-state index in [0.29, 0.717) is 6.42 Å². The molecule has 0 aliphatic carbocycles. The monoisotopic (exact) mass is 291 g/mol. The van der Waals surface area contributed by atoms with Gasteiger partial charge in [0.15, 0.2) is 5.69 Å². The summed E-state index contributed by atoms with van der Waals surface area (Å²) in [5, 5.41) is 10.0. The van der Waals surface area contributed by atoms with Crippen LogP contribution in [0.1, 0.15) is 39.3 Å². The molecular weight excluding hydrogens is 274 g/mol. The maximum absolute atomic E-state index is 11.2. The summed E-state index contributed by atoms with van der Waals surface area (Å²) in [5.74, 6) is -0.146. The number of aromatic carboxylic acids is 1. The van der Waals surface area contributed by atoms with Gasteiger partial charge in [0.05, 0.1) is 12.1 Å². The highest BCUT2D eigenvalue weighted by Gasteiger charge is 2.17. The fourth-order valence-corrected chi connectivity index (χ4v) is 3.24. The second-order valence-corrected chi connectivity index (χ2v) is 5.59. The van der Waals surface area contributed by atoms with Crippen molar-refractivity contribution >= 4 is 17.3 Å². The zero-order valence-electron chi connectivity index (χ0n) is 11.5. The van der Waals surface area contributed by atoms with Crippen molar-refractivity contribution in [3.8, 4) is 5.75 Å². The van der Waals surface area contributed by atoms with Crippen molar-refractivity contribution < 1.29 is 14.6 Å². The average molecular weight is 291 g/mol. The molecule has 0 unspecified atom stereocenters. The fourth-order valence-electron chi connectivity index (χ4n) is 2.05. The first kappa shape index (κ1) is 14.5. The van der Waals surface area contributed by atoms with Gasteiger partial charge in [-0.25, -0.2) is 9.78 Å². The van der Waals surface area contributed by atoms with Gasteiger partial charge in [-0.3, -0.25) is 0 Å². The van der Waals surface area contributed by atoms with E-state index in [1.54, 1.807) is 7.11 Å². The second-order valence-electron chi connectivity index (χ2n) is 4.42. The van der Waals surface area contributed by atoms with Gasteiger partial charge in [0.25, 0.3) is 0 Å². The third kappa shape index (κ3) is 3.17. The Balaban J connectivity index is 2.29. The van der Waals surface area contributed by atoms with Crippen LogP contribution in [0.2, 0.25) is 0 Å². The van der Waals surface area contributed by atoms with Gasteiger partial charge in [-0.05, 0) is 12.5 Å². The quantitative estimate of drug-likeness (QED) is 0.886. The van der Waals surface area contributed by atoms with Crippen molar-refractivity contribution in [3.63, 3.8) is 0 Å². The number of methoxy groups -OCH3 is 1. The Kier molecular flexibility index (Phi) is 4.74. The summed E-state index contributed by atoms with van der Waals surface area (Å²) in [5.41, 5.74) is 1.21.